The SMILES string of the molecule is CN(C)SN(C)SN1SNSN(SNSN2SNSN(C)SNS2)S1. The fourth-order valence-electron chi connectivity index (χ4n) is 0.922. The smallest absolute Gasteiger partial charge is 0.0585 e. The minimum Gasteiger partial charge on any atom is -0.243 e. The summed E-state index contributed by atoms with van der Waals surface area (Å²) >= 11 is 17.0. The number of nitrogens with one attached hydrogen (secondary N) is 4. The standard InChI is InChI=1S/C4H16N10S11/c1-9(2)23-11(4)24-14-22-8-21-13(25-14)20-7-19-12-17-5-15-10(3)16-6-18-12/h5-8H,1-4H3. The Balaban J connectivity index is 1.61. The lowest BCUT2D eigenvalue weighted by Gasteiger charge is -2.31. The molecule has 2 heterocycles. The largest absolute Gasteiger partial charge is 0.243 e. The molecular formula is C4H16N10S11. The van der Waals surface area contributed by atoms with Gasteiger partial charge in [-0.25, -0.2) is 4.31 Å². The molecule has 0 aromatic heterocycles. The Bertz CT molecular complexity index is 358. The minimum absolute atomic E-state index is 1.49. The highest BCUT2D eigenvalue weighted by Crippen LogP contribution is 2.46. The van der Waals surface area contributed by atoms with Crippen molar-refractivity contribution >= 4 is 133 Å². The molecule has 2 saturated heterocycles. The molecule has 0 aromatic rings. The van der Waals surface area contributed by atoms with E-state index in [0.717, 1.165) is 0 Å². The first-order valence-electron chi connectivity index (χ1n) is 5.98. The van der Waals surface area contributed by atoms with Crippen molar-refractivity contribution in [1.29, 1.82) is 0 Å². The van der Waals surface area contributed by atoms with Crippen molar-refractivity contribution in [1.82, 2.24) is 37.6 Å². The van der Waals surface area contributed by atoms with Crippen LogP contribution in [0.4, 0.5) is 0 Å². The highest BCUT2D eigenvalue weighted by atomic mass is 32.4. The summed E-state index contributed by atoms with van der Waals surface area (Å²) in [6, 6.07) is 0. The van der Waals surface area contributed by atoms with Gasteiger partial charge in [0.05, 0.1) is 12.1 Å². The van der Waals surface area contributed by atoms with Gasteiger partial charge in [0.25, 0.3) is 0 Å². The summed E-state index contributed by atoms with van der Waals surface area (Å²) in [4.78, 5) is 0. The summed E-state index contributed by atoms with van der Waals surface area (Å²) in [6.45, 7) is 0. The Morgan fingerprint density at radius 1 is 0.800 bits per heavy atom. The Kier molecular flexibility index (Phi) is 14.3. The molecule has 0 radical (unpaired) electrons. The van der Waals surface area contributed by atoms with E-state index in [2.05, 4.69) is 23.3 Å². The van der Waals surface area contributed by atoms with Crippen LogP contribution >= 0.6 is 133 Å². The number of rotatable bonds is 8. The summed E-state index contributed by atoms with van der Waals surface area (Å²) in [6.07, 6.45) is 0. The number of nitrogens with zero attached hydrogens (tertiary/aromatic N) is 6. The molecule has 2 aliphatic rings. The van der Waals surface area contributed by atoms with E-state index >= 15 is 0 Å². The van der Waals surface area contributed by atoms with Crippen LogP contribution in [0.1, 0.15) is 0 Å². The average molecular weight is 557 g/mol. The van der Waals surface area contributed by atoms with E-state index in [1.807, 2.05) is 42.4 Å². The van der Waals surface area contributed by atoms with Crippen LogP contribution < -0.4 is 16.5 Å². The number of hydrogen-bond donors (Lipinski definition) is 4. The molecule has 0 spiro atoms. The maximum absolute atomic E-state index is 3.27. The third kappa shape index (κ3) is 11.4. The highest BCUT2D eigenvalue weighted by Gasteiger charge is 2.25. The molecule has 2 fully saturated rings. The molecule has 0 atom stereocenters. The van der Waals surface area contributed by atoms with Gasteiger partial charge in [0, 0.05) is 135 Å². The fraction of sp³-hybridized carbons (Fsp3) is 1.00. The third-order valence-corrected chi connectivity index (χ3v) is 11.3. The normalized spacial score (nSPS) is 23.3. The van der Waals surface area contributed by atoms with Gasteiger partial charge in [-0.2, -0.15) is 23.9 Å². The highest BCUT2D eigenvalue weighted by molar-refractivity contribution is 8.39. The predicted octanol–water partition coefficient (Wildman–Crippen LogP) is 3.90. The Morgan fingerprint density at radius 3 is 2.04 bits per heavy atom. The molecular weight excluding hydrogens is 541 g/mol. The topological polar surface area (TPSA) is 67.6 Å². The molecule has 10 nitrogen and oxygen atoms in total. The van der Waals surface area contributed by atoms with Gasteiger partial charge in [-0.1, -0.05) is 9.35 Å². The van der Waals surface area contributed by atoms with Crippen LogP contribution in [0.5, 0.6) is 0 Å². The van der Waals surface area contributed by atoms with Gasteiger partial charge in [-0.05, 0) is 14.1 Å². The molecule has 25 heavy (non-hydrogen) atoms. The lowest BCUT2D eigenvalue weighted by atomic mass is 11.3. The van der Waals surface area contributed by atoms with Crippen molar-refractivity contribution in [3.8, 4) is 0 Å². The van der Waals surface area contributed by atoms with E-state index in [0.29, 0.717) is 0 Å². The zero-order valence-corrected chi connectivity index (χ0v) is 22.2. The van der Waals surface area contributed by atoms with Gasteiger partial charge in [0.15, 0.2) is 0 Å². The minimum atomic E-state index is 1.49. The molecule has 4 N–H and O–H groups in total. The average Bonchev–Trinajstić information content (AvgIpc) is 2.51. The van der Waals surface area contributed by atoms with Crippen molar-refractivity contribution in [2.45, 2.75) is 0 Å². The predicted molar refractivity (Wildman–Crippen MR) is 131 cm³/mol. The maximum atomic E-state index is 3.27. The van der Waals surface area contributed by atoms with E-state index in [1.165, 1.54) is 84.9 Å². The zero-order chi connectivity index (χ0) is 18.1. The third-order valence-electron chi connectivity index (χ3n) is 1.60. The quantitative estimate of drug-likeness (QED) is 0.326. The molecule has 0 bridgehead atoms. The first kappa shape index (κ1) is 24.7. The van der Waals surface area contributed by atoms with E-state index in [9.17, 15) is 0 Å². The van der Waals surface area contributed by atoms with Crippen LogP contribution in [0.15, 0.2) is 0 Å². The van der Waals surface area contributed by atoms with Gasteiger partial charge >= 0.3 is 0 Å². The fourth-order valence-corrected chi connectivity index (χ4v) is 12.6. The van der Waals surface area contributed by atoms with Gasteiger partial charge < -0.3 is 0 Å². The molecule has 148 valence electrons. The summed E-state index contributed by atoms with van der Waals surface area (Å²) in [5.41, 5.74) is 0. The van der Waals surface area contributed by atoms with Gasteiger partial charge in [-0.3, -0.25) is 0 Å². The zero-order valence-electron chi connectivity index (χ0n) is 13.2. The second-order valence-corrected chi connectivity index (χ2v) is 17.0. The van der Waals surface area contributed by atoms with Gasteiger partial charge in [0.2, 0.25) is 0 Å². The molecule has 2 rings (SSSR count). The van der Waals surface area contributed by atoms with E-state index < -0.39 is 0 Å². The molecule has 0 aromatic carbocycles. The van der Waals surface area contributed by atoms with Crippen LogP contribution in [0.3, 0.4) is 0 Å². The second-order valence-electron chi connectivity index (χ2n) is 3.67. The maximum Gasteiger partial charge on any atom is 0.0585 e. The Labute approximate surface area is 197 Å². The van der Waals surface area contributed by atoms with Crippen LogP contribution in [0.25, 0.3) is 0 Å². The van der Waals surface area contributed by atoms with Crippen LogP contribution in [0, 0.1) is 0 Å². The van der Waals surface area contributed by atoms with Crippen molar-refractivity contribution < 1.29 is 0 Å². The van der Waals surface area contributed by atoms with E-state index in [4.69, 9.17) is 0 Å². The van der Waals surface area contributed by atoms with Gasteiger partial charge in [0.1, 0.15) is 0 Å². The van der Waals surface area contributed by atoms with Crippen molar-refractivity contribution in [2.24, 2.45) is 0 Å². The summed E-state index contributed by atoms with van der Waals surface area (Å²) in [5.74, 6) is 0. The van der Waals surface area contributed by atoms with Crippen molar-refractivity contribution in [3.63, 3.8) is 0 Å². The Hall–Kier alpha value is 3.45. The van der Waals surface area contributed by atoms with E-state index in [-0.39, 0.29) is 0 Å². The molecule has 0 unspecified atom stereocenters. The molecule has 0 saturated carbocycles. The van der Waals surface area contributed by atoms with Crippen LogP contribution in [0.2, 0.25) is 0 Å². The first-order chi connectivity index (χ1) is 12.0. The monoisotopic (exact) mass is 556 g/mol. The molecule has 21 heteroatoms. The lowest BCUT2D eigenvalue weighted by Crippen LogP contribution is -2.23. The van der Waals surface area contributed by atoms with Crippen molar-refractivity contribution in [2.75, 3.05) is 28.2 Å². The second kappa shape index (κ2) is 14.5. The molecule has 0 aliphatic carbocycles. The van der Waals surface area contributed by atoms with Crippen molar-refractivity contribution in [3.05, 3.63) is 0 Å². The Morgan fingerprint density at radius 2 is 1.36 bits per heavy atom. The van der Waals surface area contributed by atoms with Gasteiger partial charge in [-0.15, -0.1) is 0 Å². The summed E-state index contributed by atoms with van der Waals surface area (Å²) in [5, 5.41) is 0. The lowest BCUT2D eigenvalue weighted by molar-refractivity contribution is 0.675. The number of hydrogen-bond acceptors (Lipinski definition) is 21. The molecule has 0 amide bonds. The summed E-state index contributed by atoms with van der Waals surface area (Å²) in [7, 11) is 8.07. The first-order valence-corrected chi connectivity index (χ1v) is 14.4. The van der Waals surface area contributed by atoms with E-state index in [1.54, 1.807) is 48.5 Å². The molecule has 2 aliphatic heterocycles. The van der Waals surface area contributed by atoms with Crippen LogP contribution in [-0.4, -0.2) is 49.3 Å². The summed E-state index contributed by atoms with van der Waals surface area (Å²) < 4.78 is 25.1. The van der Waals surface area contributed by atoms with Crippen LogP contribution in [-0.2, 0) is 0 Å².